The van der Waals surface area contributed by atoms with E-state index in [1.54, 1.807) is 6.07 Å². The van der Waals surface area contributed by atoms with E-state index >= 15 is 0 Å². The summed E-state index contributed by atoms with van der Waals surface area (Å²) in [7, 11) is 1.29. The summed E-state index contributed by atoms with van der Waals surface area (Å²) in [6.07, 6.45) is -4.97. The minimum absolute atomic E-state index is 0.154. The van der Waals surface area contributed by atoms with Crippen LogP contribution in [0.15, 0.2) is 0 Å². The number of nitriles is 1. The van der Waals surface area contributed by atoms with Crippen LogP contribution in [0.25, 0.3) is 0 Å². The lowest BCUT2D eigenvalue weighted by atomic mass is 10.2. The van der Waals surface area contributed by atoms with Crippen LogP contribution < -0.4 is 0 Å². The van der Waals surface area contributed by atoms with Gasteiger partial charge in [-0.05, 0) is 0 Å². The van der Waals surface area contributed by atoms with Crippen molar-refractivity contribution in [3.63, 3.8) is 0 Å². The smallest absolute Gasteiger partial charge is 0.256 e. The van der Waals surface area contributed by atoms with Crippen LogP contribution in [0.1, 0.15) is 11.3 Å². The Morgan fingerprint density at radius 1 is 1.57 bits per heavy atom. The maximum Gasteiger partial charge on any atom is 0.435 e. The molecule has 14 heavy (non-hydrogen) atoms. The van der Waals surface area contributed by atoms with E-state index < -0.39 is 18.3 Å². The first kappa shape index (κ1) is 10.9. The van der Waals surface area contributed by atoms with E-state index in [1.807, 2.05) is 0 Å². The molecular weight excluding hydrogens is 219 g/mol. The number of alkyl halides is 3. The van der Waals surface area contributed by atoms with Crippen LogP contribution in [0.5, 0.6) is 0 Å². The number of hydrogen-bond acceptors (Lipinski definition) is 2. The van der Waals surface area contributed by atoms with Crippen molar-refractivity contribution >= 4 is 11.6 Å². The van der Waals surface area contributed by atoms with Gasteiger partial charge in [-0.2, -0.15) is 23.5 Å². The molecule has 1 rings (SSSR count). The predicted octanol–water partition coefficient (Wildman–Crippen LogP) is 2.16. The lowest BCUT2D eigenvalue weighted by Gasteiger charge is -2.02. The largest absolute Gasteiger partial charge is 0.435 e. The Hall–Kier alpha value is -1.22. The van der Waals surface area contributed by atoms with Crippen molar-refractivity contribution in [3.8, 4) is 6.07 Å². The van der Waals surface area contributed by atoms with E-state index in [9.17, 15) is 13.2 Å². The second-order valence-electron chi connectivity index (χ2n) is 2.57. The van der Waals surface area contributed by atoms with E-state index in [1.165, 1.54) is 7.05 Å². The predicted molar refractivity (Wildman–Crippen MR) is 42.5 cm³/mol. The average Bonchev–Trinajstić information content (AvgIpc) is 2.32. The Morgan fingerprint density at radius 2 is 2.14 bits per heavy atom. The molecule has 0 saturated heterocycles. The van der Waals surface area contributed by atoms with Crippen LogP contribution in [-0.2, 0) is 19.6 Å². The first-order chi connectivity index (χ1) is 6.38. The zero-order valence-electron chi connectivity index (χ0n) is 7.06. The second kappa shape index (κ2) is 3.50. The molecule has 0 bridgehead atoms. The molecule has 7 heteroatoms. The number of hydrogen-bond donors (Lipinski definition) is 0. The summed E-state index contributed by atoms with van der Waals surface area (Å²) < 4.78 is 37.9. The molecule has 0 aliphatic heterocycles. The highest BCUT2D eigenvalue weighted by Crippen LogP contribution is 2.34. The minimum atomic E-state index is -4.57. The van der Waals surface area contributed by atoms with E-state index in [0.717, 1.165) is 4.68 Å². The molecule has 0 aliphatic carbocycles. The van der Waals surface area contributed by atoms with Gasteiger partial charge in [-0.15, -0.1) is 0 Å². The highest BCUT2D eigenvalue weighted by Gasteiger charge is 2.38. The second-order valence-corrected chi connectivity index (χ2v) is 2.93. The highest BCUT2D eigenvalue weighted by atomic mass is 35.5. The molecule has 0 radical (unpaired) electrons. The Labute approximate surface area is 82.7 Å². The monoisotopic (exact) mass is 223 g/mol. The van der Waals surface area contributed by atoms with Crippen LogP contribution in [0.3, 0.4) is 0 Å². The SMILES string of the molecule is Cn1nc(C(F)(F)F)c(CC#N)c1Cl. The van der Waals surface area contributed by atoms with Crippen molar-refractivity contribution in [3.05, 3.63) is 16.4 Å². The molecule has 0 aliphatic rings. The van der Waals surface area contributed by atoms with Crippen molar-refractivity contribution in [2.45, 2.75) is 12.6 Å². The summed E-state index contributed by atoms with van der Waals surface area (Å²) in [4.78, 5) is 0. The molecular formula is C7H5ClF3N3. The first-order valence-electron chi connectivity index (χ1n) is 3.53. The summed E-state index contributed by atoms with van der Waals surface area (Å²) in [5, 5.41) is 11.4. The Kier molecular flexibility index (Phi) is 2.71. The summed E-state index contributed by atoms with van der Waals surface area (Å²) in [6.45, 7) is 0. The lowest BCUT2D eigenvalue weighted by Crippen LogP contribution is -2.09. The molecule has 1 heterocycles. The van der Waals surface area contributed by atoms with E-state index in [0.29, 0.717) is 0 Å². The number of nitrogens with zero attached hydrogens (tertiary/aromatic N) is 3. The number of aromatic nitrogens is 2. The van der Waals surface area contributed by atoms with Crippen LogP contribution in [0.4, 0.5) is 13.2 Å². The maximum atomic E-state index is 12.3. The van der Waals surface area contributed by atoms with Crippen LogP contribution in [-0.4, -0.2) is 9.78 Å². The zero-order valence-corrected chi connectivity index (χ0v) is 7.82. The van der Waals surface area contributed by atoms with E-state index in [4.69, 9.17) is 16.9 Å². The molecule has 1 aromatic rings. The van der Waals surface area contributed by atoms with Gasteiger partial charge >= 0.3 is 6.18 Å². The van der Waals surface area contributed by atoms with Gasteiger partial charge in [0, 0.05) is 12.6 Å². The maximum absolute atomic E-state index is 12.3. The highest BCUT2D eigenvalue weighted by molar-refractivity contribution is 6.30. The summed E-state index contributed by atoms with van der Waals surface area (Å²) in [5.41, 5.74) is -1.37. The van der Waals surface area contributed by atoms with Gasteiger partial charge in [0.05, 0.1) is 12.5 Å². The van der Waals surface area contributed by atoms with E-state index in [-0.39, 0.29) is 10.7 Å². The molecule has 76 valence electrons. The molecule has 0 fully saturated rings. The van der Waals surface area contributed by atoms with Gasteiger partial charge in [-0.1, -0.05) is 11.6 Å². The average molecular weight is 224 g/mol. The molecule has 0 atom stereocenters. The van der Waals surface area contributed by atoms with Crippen LogP contribution in [0.2, 0.25) is 5.15 Å². The fourth-order valence-electron chi connectivity index (χ4n) is 1.01. The Bertz CT molecular complexity index is 388. The molecule has 0 unspecified atom stereocenters. The number of aryl methyl sites for hydroxylation is 1. The zero-order chi connectivity index (χ0) is 10.9. The van der Waals surface area contributed by atoms with Gasteiger partial charge in [0.15, 0.2) is 5.69 Å². The fourth-order valence-corrected chi connectivity index (χ4v) is 1.20. The quantitative estimate of drug-likeness (QED) is 0.732. The standard InChI is InChI=1S/C7H5ClF3N3/c1-14-6(8)4(2-3-12)5(13-14)7(9,10)11/h2H2,1H3. The summed E-state index contributed by atoms with van der Waals surface area (Å²) in [6, 6.07) is 1.61. The number of rotatable bonds is 1. The van der Waals surface area contributed by atoms with Crippen molar-refractivity contribution in [1.82, 2.24) is 9.78 Å². The molecule has 1 aromatic heterocycles. The molecule has 0 saturated carbocycles. The van der Waals surface area contributed by atoms with Crippen LogP contribution in [0, 0.1) is 11.3 Å². The third kappa shape index (κ3) is 1.82. The van der Waals surface area contributed by atoms with Crippen molar-refractivity contribution < 1.29 is 13.2 Å². The topological polar surface area (TPSA) is 41.6 Å². The van der Waals surface area contributed by atoms with Crippen LogP contribution >= 0.6 is 11.6 Å². The fraction of sp³-hybridized carbons (Fsp3) is 0.429. The molecule has 0 spiro atoms. The third-order valence-corrected chi connectivity index (χ3v) is 2.07. The Morgan fingerprint density at radius 3 is 2.57 bits per heavy atom. The van der Waals surface area contributed by atoms with Gasteiger partial charge in [0.25, 0.3) is 0 Å². The number of halogens is 4. The summed E-state index contributed by atoms with van der Waals surface area (Å²) in [5.74, 6) is 0. The first-order valence-corrected chi connectivity index (χ1v) is 3.91. The molecule has 3 nitrogen and oxygen atoms in total. The van der Waals surface area contributed by atoms with Gasteiger partial charge in [-0.25, -0.2) is 0 Å². The van der Waals surface area contributed by atoms with Crippen molar-refractivity contribution in [2.24, 2.45) is 7.05 Å². The third-order valence-electron chi connectivity index (χ3n) is 1.59. The van der Waals surface area contributed by atoms with Gasteiger partial charge in [0.2, 0.25) is 0 Å². The molecule has 0 N–H and O–H groups in total. The van der Waals surface area contributed by atoms with Crippen molar-refractivity contribution in [2.75, 3.05) is 0 Å². The molecule has 0 amide bonds. The summed E-state index contributed by atoms with van der Waals surface area (Å²) >= 11 is 5.55. The van der Waals surface area contributed by atoms with Crippen molar-refractivity contribution in [1.29, 1.82) is 5.26 Å². The minimum Gasteiger partial charge on any atom is -0.256 e. The lowest BCUT2D eigenvalue weighted by molar-refractivity contribution is -0.142. The van der Waals surface area contributed by atoms with Gasteiger partial charge in [0.1, 0.15) is 5.15 Å². The Balaban J connectivity index is 3.31. The van der Waals surface area contributed by atoms with E-state index in [2.05, 4.69) is 5.10 Å². The molecule has 0 aromatic carbocycles. The normalized spacial score (nSPS) is 11.4. The van der Waals surface area contributed by atoms with Gasteiger partial charge < -0.3 is 0 Å². The van der Waals surface area contributed by atoms with Gasteiger partial charge in [-0.3, -0.25) is 4.68 Å².